The van der Waals surface area contributed by atoms with Gasteiger partial charge >= 0.3 is 0 Å². The minimum atomic E-state index is -0.481. The van der Waals surface area contributed by atoms with Gasteiger partial charge in [0.25, 0.3) is 0 Å². The lowest BCUT2D eigenvalue weighted by Crippen LogP contribution is -2.30. The number of benzene rings is 2. The molecule has 3 rings (SSSR count). The van der Waals surface area contributed by atoms with Crippen LogP contribution >= 0.6 is 46.0 Å². The number of nitrogens with one attached hydrogen (secondary N) is 1. The number of hydrogen-bond acceptors (Lipinski definition) is 4. The van der Waals surface area contributed by atoms with Gasteiger partial charge in [-0.1, -0.05) is 23.4 Å². The molecule has 140 valence electrons. The molecule has 8 heteroatoms. The van der Waals surface area contributed by atoms with Gasteiger partial charge in [0.2, 0.25) is 11.8 Å². The predicted molar refractivity (Wildman–Crippen MR) is 120 cm³/mol. The minimum absolute atomic E-state index is 0.0849. The van der Waals surface area contributed by atoms with Crippen molar-refractivity contribution < 1.29 is 9.59 Å². The van der Waals surface area contributed by atoms with Crippen molar-refractivity contribution >= 4 is 74.3 Å². The van der Waals surface area contributed by atoms with Crippen LogP contribution in [-0.2, 0) is 9.59 Å². The van der Waals surface area contributed by atoms with Crippen molar-refractivity contribution in [1.29, 1.82) is 0 Å². The normalized spacial score (nSPS) is 18.2. The van der Waals surface area contributed by atoms with Gasteiger partial charge < -0.3 is 5.32 Å². The van der Waals surface area contributed by atoms with Gasteiger partial charge in [-0.2, -0.15) is 0 Å². The molecule has 2 aromatic rings. The number of hydrogen-bond donors (Lipinski definition) is 1. The summed E-state index contributed by atoms with van der Waals surface area (Å²) in [4.78, 5) is 30.9. The molecule has 1 unspecified atom stereocenters. The summed E-state index contributed by atoms with van der Waals surface area (Å²) >= 11 is 9.48. The number of amidine groups is 1. The van der Waals surface area contributed by atoms with Crippen molar-refractivity contribution in [2.45, 2.75) is 18.6 Å². The number of carbonyl (C=O) groups excluding carboxylic acids is 2. The largest absolute Gasteiger partial charge is 0.326 e. The lowest BCUT2D eigenvalue weighted by atomic mass is 10.2. The number of aliphatic imine (C=N–C) groups is 1. The van der Waals surface area contributed by atoms with Gasteiger partial charge in [0.05, 0.1) is 5.69 Å². The van der Waals surface area contributed by atoms with Crippen molar-refractivity contribution in [2.24, 2.45) is 4.99 Å². The summed E-state index contributed by atoms with van der Waals surface area (Å²) in [6.07, 6.45) is 0.0849. The molecule has 1 aliphatic heterocycles. The maximum absolute atomic E-state index is 12.5. The molecular formula is C19H17ClIN3O2S. The quantitative estimate of drug-likeness (QED) is 0.595. The highest BCUT2D eigenvalue weighted by atomic mass is 127. The van der Waals surface area contributed by atoms with E-state index in [0.29, 0.717) is 15.9 Å². The molecule has 0 aliphatic carbocycles. The van der Waals surface area contributed by atoms with E-state index in [-0.39, 0.29) is 18.2 Å². The van der Waals surface area contributed by atoms with Crippen LogP contribution in [-0.4, -0.2) is 34.2 Å². The van der Waals surface area contributed by atoms with E-state index in [1.165, 1.54) is 16.7 Å². The van der Waals surface area contributed by atoms with Gasteiger partial charge in [0.15, 0.2) is 5.17 Å². The fourth-order valence-corrected chi connectivity index (χ4v) is 4.30. The minimum Gasteiger partial charge on any atom is -0.326 e. The van der Waals surface area contributed by atoms with Crippen molar-refractivity contribution in [3.05, 3.63) is 56.6 Å². The zero-order chi connectivity index (χ0) is 19.6. The molecule has 2 amide bonds. The lowest BCUT2D eigenvalue weighted by molar-refractivity contribution is -0.127. The van der Waals surface area contributed by atoms with Gasteiger partial charge in [0.1, 0.15) is 5.25 Å². The van der Waals surface area contributed by atoms with Gasteiger partial charge in [-0.25, -0.2) is 4.99 Å². The smallest absolute Gasteiger partial charge is 0.242 e. The highest BCUT2D eigenvalue weighted by Gasteiger charge is 2.37. The van der Waals surface area contributed by atoms with E-state index in [9.17, 15) is 9.59 Å². The summed E-state index contributed by atoms with van der Waals surface area (Å²) in [5, 5.41) is 3.58. The van der Waals surface area contributed by atoms with Gasteiger partial charge in [-0.15, -0.1) is 0 Å². The Hall–Kier alpha value is -1.58. The van der Waals surface area contributed by atoms with Crippen LogP contribution in [0.3, 0.4) is 0 Å². The number of halogens is 2. The summed E-state index contributed by atoms with van der Waals surface area (Å²) in [5.74, 6) is -0.331. The Morgan fingerprint density at radius 3 is 2.67 bits per heavy atom. The molecule has 1 heterocycles. The van der Waals surface area contributed by atoms with Gasteiger partial charge in [-0.05, 0) is 77.5 Å². The molecule has 1 N–H and O–H groups in total. The zero-order valence-corrected chi connectivity index (χ0v) is 18.4. The van der Waals surface area contributed by atoms with E-state index < -0.39 is 5.25 Å². The van der Waals surface area contributed by atoms with E-state index in [1.807, 2.05) is 31.2 Å². The van der Waals surface area contributed by atoms with E-state index >= 15 is 0 Å². The SMILES string of the molecule is Cc1cc(Cl)ccc1NC(=O)CC1SC(=Nc2ccc(I)cc2)N(C)C1=O. The number of anilines is 1. The first-order valence-electron chi connectivity index (χ1n) is 8.18. The summed E-state index contributed by atoms with van der Waals surface area (Å²) in [6, 6.07) is 13.0. The van der Waals surface area contributed by atoms with Crippen LogP contribution in [0.15, 0.2) is 47.5 Å². The van der Waals surface area contributed by atoms with Crippen molar-refractivity contribution in [1.82, 2.24) is 4.90 Å². The summed E-state index contributed by atoms with van der Waals surface area (Å²) in [6.45, 7) is 1.87. The molecule has 5 nitrogen and oxygen atoms in total. The Kier molecular flexibility index (Phi) is 6.44. The van der Waals surface area contributed by atoms with E-state index in [2.05, 4.69) is 32.9 Å². The van der Waals surface area contributed by atoms with Crippen LogP contribution < -0.4 is 5.32 Å². The van der Waals surface area contributed by atoms with Crippen molar-refractivity contribution in [3.63, 3.8) is 0 Å². The second kappa shape index (κ2) is 8.62. The standard InChI is InChI=1S/C19H17ClIN3O2S/c1-11-9-12(20)3-8-15(11)23-17(25)10-16-18(26)24(2)19(27-16)22-14-6-4-13(21)5-7-14/h3-9,16H,10H2,1-2H3,(H,23,25). The van der Waals surface area contributed by atoms with Crippen LogP contribution in [0, 0.1) is 10.5 Å². The summed E-state index contributed by atoms with van der Waals surface area (Å²) in [5.41, 5.74) is 2.35. The van der Waals surface area contributed by atoms with Crippen LogP contribution in [0.4, 0.5) is 11.4 Å². The molecular weight excluding hydrogens is 497 g/mol. The van der Waals surface area contributed by atoms with Crippen LogP contribution in [0.2, 0.25) is 5.02 Å². The third kappa shape index (κ3) is 5.03. The number of rotatable bonds is 4. The molecule has 1 saturated heterocycles. The highest BCUT2D eigenvalue weighted by molar-refractivity contribution is 14.1. The average Bonchev–Trinajstić information content (AvgIpc) is 2.87. The Morgan fingerprint density at radius 2 is 2.00 bits per heavy atom. The van der Waals surface area contributed by atoms with Crippen LogP contribution in [0.25, 0.3) is 0 Å². The van der Waals surface area contributed by atoms with E-state index in [0.717, 1.165) is 14.8 Å². The first-order valence-corrected chi connectivity index (χ1v) is 10.5. The molecule has 1 aliphatic rings. The van der Waals surface area contributed by atoms with Gasteiger partial charge in [-0.3, -0.25) is 14.5 Å². The Labute approximate surface area is 180 Å². The van der Waals surface area contributed by atoms with Crippen molar-refractivity contribution in [3.8, 4) is 0 Å². The maximum atomic E-state index is 12.5. The molecule has 0 aromatic heterocycles. The first kappa shape index (κ1) is 20.2. The second-order valence-electron chi connectivity index (χ2n) is 6.09. The Balaban J connectivity index is 1.67. The first-order chi connectivity index (χ1) is 12.8. The van der Waals surface area contributed by atoms with Crippen LogP contribution in [0.5, 0.6) is 0 Å². The van der Waals surface area contributed by atoms with E-state index in [1.54, 1.807) is 25.2 Å². The summed E-state index contributed by atoms with van der Waals surface area (Å²) in [7, 11) is 1.68. The van der Waals surface area contributed by atoms with Crippen LogP contribution in [0.1, 0.15) is 12.0 Å². The topological polar surface area (TPSA) is 61.8 Å². The number of amides is 2. The monoisotopic (exact) mass is 513 g/mol. The molecule has 27 heavy (non-hydrogen) atoms. The fraction of sp³-hybridized carbons (Fsp3) is 0.211. The Bertz CT molecular complexity index is 918. The molecule has 0 saturated carbocycles. The summed E-state index contributed by atoms with van der Waals surface area (Å²) < 4.78 is 1.12. The highest BCUT2D eigenvalue weighted by Crippen LogP contribution is 2.31. The predicted octanol–water partition coefficient (Wildman–Crippen LogP) is 4.84. The zero-order valence-electron chi connectivity index (χ0n) is 14.7. The number of aryl methyl sites for hydroxylation is 1. The fourth-order valence-electron chi connectivity index (χ4n) is 2.56. The van der Waals surface area contributed by atoms with Crippen molar-refractivity contribution in [2.75, 3.05) is 12.4 Å². The maximum Gasteiger partial charge on any atom is 0.242 e. The molecule has 0 bridgehead atoms. The molecule has 0 spiro atoms. The second-order valence-corrected chi connectivity index (χ2v) is 8.94. The third-order valence-corrected chi connectivity index (χ3v) is 6.21. The average molecular weight is 514 g/mol. The Morgan fingerprint density at radius 1 is 1.30 bits per heavy atom. The molecule has 1 atom stereocenters. The number of nitrogens with zero attached hydrogens (tertiary/aromatic N) is 2. The molecule has 2 aromatic carbocycles. The van der Waals surface area contributed by atoms with Gasteiger partial charge in [0, 0.05) is 27.7 Å². The lowest BCUT2D eigenvalue weighted by Gasteiger charge is -2.11. The number of carbonyl (C=O) groups is 2. The van der Waals surface area contributed by atoms with E-state index in [4.69, 9.17) is 11.6 Å². The number of thioether (sulfide) groups is 1. The third-order valence-electron chi connectivity index (χ3n) is 4.03. The molecule has 1 fully saturated rings. The molecule has 0 radical (unpaired) electrons.